The zero-order valence-corrected chi connectivity index (χ0v) is 9.54. The predicted octanol–water partition coefficient (Wildman–Crippen LogP) is 1.93. The molecule has 17 heavy (non-hydrogen) atoms. The summed E-state index contributed by atoms with van der Waals surface area (Å²) in [4.78, 5) is 14.0. The molecule has 0 spiro atoms. The van der Waals surface area contributed by atoms with Gasteiger partial charge in [-0.2, -0.15) is 0 Å². The van der Waals surface area contributed by atoms with E-state index in [4.69, 9.17) is 5.73 Å². The molecule has 0 unspecified atom stereocenters. The van der Waals surface area contributed by atoms with E-state index in [1.54, 1.807) is 13.8 Å². The number of phenols is 1. The Kier molecular flexibility index (Phi) is 3.82. The summed E-state index contributed by atoms with van der Waals surface area (Å²) < 4.78 is 0. The van der Waals surface area contributed by atoms with Gasteiger partial charge in [0, 0.05) is 29.6 Å². The number of aliphatic imine (C=N–C) groups is 1. The van der Waals surface area contributed by atoms with Crippen molar-refractivity contribution in [2.45, 2.75) is 13.8 Å². The third-order valence-electron chi connectivity index (χ3n) is 2.19. The Bertz CT molecular complexity index is 503. The molecule has 0 aliphatic heterocycles. The lowest BCUT2D eigenvalue weighted by Crippen LogP contribution is -1.95. The fourth-order valence-electron chi connectivity index (χ4n) is 1.03. The van der Waals surface area contributed by atoms with E-state index in [9.17, 15) is 15.2 Å². The van der Waals surface area contributed by atoms with Gasteiger partial charge in [0.1, 0.15) is 5.75 Å². The Morgan fingerprint density at radius 3 is 2.71 bits per heavy atom. The number of hydrogen-bond acceptors (Lipinski definition) is 5. The predicted molar refractivity (Wildman–Crippen MR) is 64.9 cm³/mol. The molecule has 6 nitrogen and oxygen atoms in total. The van der Waals surface area contributed by atoms with Crippen LogP contribution in [0.2, 0.25) is 0 Å². The highest BCUT2D eigenvalue weighted by molar-refractivity contribution is 5.85. The number of aromatic hydroxyl groups is 1. The molecular formula is C11H13N3O3. The summed E-state index contributed by atoms with van der Waals surface area (Å²) in [5.74, 6) is -0.0678. The fraction of sp³-hybridized carbons (Fsp3) is 0.182. The molecule has 0 bridgehead atoms. The first kappa shape index (κ1) is 12.7. The van der Waals surface area contributed by atoms with Crippen LogP contribution in [-0.4, -0.2) is 16.2 Å². The Balaban J connectivity index is 3.10. The maximum Gasteiger partial charge on any atom is 0.270 e. The van der Waals surface area contributed by atoms with E-state index in [-0.39, 0.29) is 17.0 Å². The largest absolute Gasteiger partial charge is 0.507 e. The highest BCUT2D eigenvalue weighted by Gasteiger charge is 2.08. The number of nitro benzene ring substituents is 1. The van der Waals surface area contributed by atoms with Gasteiger partial charge in [0.15, 0.2) is 0 Å². The van der Waals surface area contributed by atoms with E-state index < -0.39 is 4.92 Å². The number of allylic oxidation sites excluding steroid dienone is 2. The molecule has 3 N–H and O–H groups in total. The van der Waals surface area contributed by atoms with Crippen LogP contribution in [0.4, 0.5) is 5.69 Å². The summed E-state index contributed by atoms with van der Waals surface area (Å²) in [6.07, 6.45) is 1.34. The minimum absolute atomic E-state index is 0.0678. The summed E-state index contributed by atoms with van der Waals surface area (Å²) in [7, 11) is 0. The van der Waals surface area contributed by atoms with Gasteiger partial charge in [-0.25, -0.2) is 0 Å². The third-order valence-corrected chi connectivity index (χ3v) is 2.19. The maximum atomic E-state index is 10.6. The number of hydrogen-bond donors (Lipinski definition) is 2. The second-order valence-electron chi connectivity index (χ2n) is 3.53. The first-order chi connectivity index (χ1) is 7.91. The summed E-state index contributed by atoms with van der Waals surface area (Å²) >= 11 is 0. The van der Waals surface area contributed by atoms with Gasteiger partial charge in [0.05, 0.1) is 10.6 Å². The molecule has 1 aromatic rings. The van der Waals surface area contributed by atoms with Crippen LogP contribution < -0.4 is 5.73 Å². The number of non-ortho nitro benzene ring substituents is 1. The highest BCUT2D eigenvalue weighted by atomic mass is 16.6. The van der Waals surface area contributed by atoms with Crippen molar-refractivity contribution in [2.75, 3.05) is 0 Å². The first-order valence-electron chi connectivity index (χ1n) is 4.86. The topological polar surface area (TPSA) is 102 Å². The quantitative estimate of drug-likeness (QED) is 0.474. The first-order valence-corrected chi connectivity index (χ1v) is 4.86. The average Bonchev–Trinajstić information content (AvgIpc) is 2.26. The van der Waals surface area contributed by atoms with Gasteiger partial charge < -0.3 is 10.8 Å². The van der Waals surface area contributed by atoms with Crippen molar-refractivity contribution in [2.24, 2.45) is 10.7 Å². The maximum absolute atomic E-state index is 10.6. The van der Waals surface area contributed by atoms with Crippen molar-refractivity contribution in [1.82, 2.24) is 0 Å². The van der Waals surface area contributed by atoms with E-state index in [1.807, 2.05) is 0 Å². The van der Waals surface area contributed by atoms with E-state index in [0.717, 1.165) is 0 Å². The molecule has 1 aromatic carbocycles. The second-order valence-corrected chi connectivity index (χ2v) is 3.53. The molecule has 6 heteroatoms. The van der Waals surface area contributed by atoms with Gasteiger partial charge in [-0.1, -0.05) is 0 Å². The standard InChI is InChI=1S/C11H13N3O3/c1-7(12)8(2)13-6-9-5-10(14(16)17)3-4-11(9)15/h3-6,15H,12H2,1-2H3. The van der Waals surface area contributed by atoms with Crippen molar-refractivity contribution >= 4 is 11.9 Å². The molecule has 0 aromatic heterocycles. The molecular weight excluding hydrogens is 222 g/mol. The zero-order chi connectivity index (χ0) is 13.0. The SMILES string of the molecule is CC(N)=C(C)N=Cc1cc([N+](=O)[O-])ccc1O. The van der Waals surface area contributed by atoms with E-state index in [0.29, 0.717) is 11.4 Å². The number of nitro groups is 1. The lowest BCUT2D eigenvalue weighted by Gasteiger charge is -1.99. The average molecular weight is 235 g/mol. The minimum atomic E-state index is -0.534. The van der Waals surface area contributed by atoms with Crippen molar-refractivity contribution in [1.29, 1.82) is 0 Å². The summed E-state index contributed by atoms with van der Waals surface area (Å²) in [5, 5.41) is 20.1. The monoisotopic (exact) mass is 235 g/mol. The lowest BCUT2D eigenvalue weighted by molar-refractivity contribution is -0.384. The van der Waals surface area contributed by atoms with Gasteiger partial charge in [-0.3, -0.25) is 15.1 Å². The lowest BCUT2D eigenvalue weighted by atomic mass is 10.2. The van der Waals surface area contributed by atoms with Crippen LogP contribution in [0.5, 0.6) is 5.75 Å². The highest BCUT2D eigenvalue weighted by Crippen LogP contribution is 2.21. The Hall–Kier alpha value is -2.37. The molecule has 0 saturated heterocycles. The molecule has 1 rings (SSSR count). The van der Waals surface area contributed by atoms with Crippen LogP contribution in [0.25, 0.3) is 0 Å². The zero-order valence-electron chi connectivity index (χ0n) is 9.54. The number of nitrogens with zero attached hydrogens (tertiary/aromatic N) is 2. The molecule has 0 heterocycles. The number of phenolic OH excluding ortho intramolecular Hbond substituents is 1. The Labute approximate surface area is 98.2 Å². The summed E-state index contributed by atoms with van der Waals surface area (Å²) in [6, 6.07) is 3.73. The number of benzene rings is 1. The van der Waals surface area contributed by atoms with Crippen molar-refractivity contribution in [3.8, 4) is 5.75 Å². The molecule has 0 fully saturated rings. The van der Waals surface area contributed by atoms with Gasteiger partial charge in [-0.05, 0) is 19.9 Å². The van der Waals surface area contributed by atoms with Crippen LogP contribution in [0.1, 0.15) is 19.4 Å². The normalized spacial score (nSPS) is 12.6. The molecule has 0 saturated carbocycles. The second kappa shape index (κ2) is 5.11. The summed E-state index contributed by atoms with van der Waals surface area (Å²) in [5.41, 5.74) is 6.83. The van der Waals surface area contributed by atoms with Crippen LogP contribution >= 0.6 is 0 Å². The van der Waals surface area contributed by atoms with Gasteiger partial charge in [-0.15, -0.1) is 0 Å². The smallest absolute Gasteiger partial charge is 0.270 e. The van der Waals surface area contributed by atoms with Crippen LogP contribution in [-0.2, 0) is 0 Å². The van der Waals surface area contributed by atoms with E-state index in [2.05, 4.69) is 4.99 Å². The Morgan fingerprint density at radius 1 is 1.53 bits per heavy atom. The minimum Gasteiger partial charge on any atom is -0.507 e. The van der Waals surface area contributed by atoms with Crippen molar-refractivity contribution < 1.29 is 10.0 Å². The fourth-order valence-corrected chi connectivity index (χ4v) is 1.03. The molecule has 90 valence electrons. The van der Waals surface area contributed by atoms with E-state index >= 15 is 0 Å². The van der Waals surface area contributed by atoms with Crippen LogP contribution in [0, 0.1) is 10.1 Å². The van der Waals surface area contributed by atoms with Crippen molar-refractivity contribution in [3.63, 3.8) is 0 Å². The van der Waals surface area contributed by atoms with Crippen LogP contribution in [0.3, 0.4) is 0 Å². The van der Waals surface area contributed by atoms with Gasteiger partial charge >= 0.3 is 0 Å². The van der Waals surface area contributed by atoms with Gasteiger partial charge in [0.2, 0.25) is 0 Å². The number of rotatable bonds is 3. The number of nitrogens with two attached hydrogens (primary N) is 1. The molecule has 0 amide bonds. The molecule has 0 aliphatic carbocycles. The van der Waals surface area contributed by atoms with E-state index in [1.165, 1.54) is 24.4 Å². The molecule has 0 radical (unpaired) electrons. The molecule has 0 aliphatic rings. The van der Waals surface area contributed by atoms with Crippen LogP contribution in [0.15, 0.2) is 34.6 Å². The van der Waals surface area contributed by atoms with Gasteiger partial charge in [0.25, 0.3) is 5.69 Å². The van der Waals surface area contributed by atoms with Crippen molar-refractivity contribution in [3.05, 3.63) is 45.3 Å². The third kappa shape index (κ3) is 3.30. The molecule has 0 atom stereocenters. The summed E-state index contributed by atoms with van der Waals surface area (Å²) in [6.45, 7) is 3.40. The Morgan fingerprint density at radius 2 is 2.18 bits per heavy atom.